The third-order valence-electron chi connectivity index (χ3n) is 0.572. The minimum Gasteiger partial charge on any atom is -0.466 e. The first-order valence-electron chi connectivity index (χ1n) is 2.01. The molecule has 0 aromatic carbocycles. The molecule has 0 aliphatic rings. The quantitative estimate of drug-likeness (QED) is 0.298. The van der Waals surface area contributed by atoms with Gasteiger partial charge in [-0.05, 0) is 6.92 Å². The first kappa shape index (κ1) is 7.78. The van der Waals surface area contributed by atoms with Crippen LogP contribution < -0.4 is 0 Å². The molecule has 4 heteroatoms. The van der Waals surface area contributed by atoms with Crippen molar-refractivity contribution in [2.75, 3.05) is 7.11 Å². The fraction of sp³-hybridized carbons (Fsp3) is 0.750. The monoisotopic (exact) mass is 136 g/mol. The smallest absolute Gasteiger partial charge is 0.348 e. The van der Waals surface area contributed by atoms with Crippen LogP contribution in [0.1, 0.15) is 6.92 Å². The van der Waals surface area contributed by atoms with Crippen molar-refractivity contribution < 1.29 is 14.6 Å². The van der Waals surface area contributed by atoms with Gasteiger partial charge < -0.3 is 9.84 Å². The molecule has 0 fully saturated rings. The van der Waals surface area contributed by atoms with Crippen molar-refractivity contribution in [2.45, 2.75) is 11.9 Å². The van der Waals surface area contributed by atoms with Gasteiger partial charge in [-0.3, -0.25) is 0 Å². The zero-order chi connectivity index (χ0) is 6.78. The zero-order valence-electron chi connectivity index (χ0n) is 4.71. The lowest BCUT2D eigenvalue weighted by molar-refractivity contribution is -0.151. The number of esters is 1. The molecule has 3 nitrogen and oxygen atoms in total. The van der Waals surface area contributed by atoms with Gasteiger partial charge in [0.05, 0.1) is 7.11 Å². The lowest BCUT2D eigenvalue weighted by atomic mass is 10.4. The Morgan fingerprint density at radius 1 is 1.88 bits per heavy atom. The molecule has 0 bridgehead atoms. The molecule has 0 spiro atoms. The SMILES string of the molecule is COC(=O)C(C)(O)S. The van der Waals surface area contributed by atoms with E-state index in [9.17, 15) is 4.79 Å². The first-order valence-corrected chi connectivity index (χ1v) is 2.46. The third kappa shape index (κ3) is 2.18. The minimum absolute atomic E-state index is 0.749. The van der Waals surface area contributed by atoms with Crippen LogP contribution in [0.2, 0.25) is 0 Å². The van der Waals surface area contributed by atoms with Crippen LogP contribution in [-0.2, 0) is 9.53 Å². The van der Waals surface area contributed by atoms with Crippen molar-refractivity contribution in [1.29, 1.82) is 0 Å². The highest BCUT2D eigenvalue weighted by atomic mass is 32.1. The van der Waals surface area contributed by atoms with Gasteiger partial charge in [0.15, 0.2) is 0 Å². The molecule has 1 atom stereocenters. The number of rotatable bonds is 1. The van der Waals surface area contributed by atoms with Gasteiger partial charge in [0.1, 0.15) is 0 Å². The van der Waals surface area contributed by atoms with Crippen LogP contribution in [0, 0.1) is 0 Å². The average molecular weight is 136 g/mol. The molecule has 0 saturated carbocycles. The van der Waals surface area contributed by atoms with Crippen molar-refractivity contribution in [1.82, 2.24) is 0 Å². The number of aliphatic hydroxyl groups is 1. The van der Waals surface area contributed by atoms with Gasteiger partial charge in [-0.25, -0.2) is 4.79 Å². The van der Waals surface area contributed by atoms with Crippen LogP contribution in [0.15, 0.2) is 0 Å². The summed E-state index contributed by atoms with van der Waals surface area (Å²) < 4.78 is 4.15. The Balaban J connectivity index is 3.82. The number of ether oxygens (including phenoxy) is 1. The van der Waals surface area contributed by atoms with E-state index in [-0.39, 0.29) is 0 Å². The maximum absolute atomic E-state index is 10.3. The zero-order valence-corrected chi connectivity index (χ0v) is 5.61. The second-order valence-electron chi connectivity index (χ2n) is 1.51. The van der Waals surface area contributed by atoms with E-state index in [0.717, 1.165) is 0 Å². The first-order chi connectivity index (χ1) is 3.48. The Bertz CT molecular complexity index is 93.9. The Hall–Kier alpha value is -0.220. The summed E-state index contributed by atoms with van der Waals surface area (Å²) in [4.78, 5) is 8.63. The van der Waals surface area contributed by atoms with Crippen LogP contribution in [-0.4, -0.2) is 23.1 Å². The van der Waals surface area contributed by atoms with E-state index in [2.05, 4.69) is 17.4 Å². The van der Waals surface area contributed by atoms with Gasteiger partial charge in [-0.1, -0.05) is 0 Å². The summed E-state index contributed by atoms with van der Waals surface area (Å²) in [5.74, 6) is -0.749. The minimum atomic E-state index is -1.66. The Kier molecular flexibility index (Phi) is 2.30. The van der Waals surface area contributed by atoms with E-state index in [1.807, 2.05) is 0 Å². The van der Waals surface area contributed by atoms with Crippen molar-refractivity contribution in [3.05, 3.63) is 0 Å². The molecule has 0 aromatic rings. The summed E-state index contributed by atoms with van der Waals surface area (Å²) in [5, 5.41) is 8.68. The maximum Gasteiger partial charge on any atom is 0.348 e. The highest BCUT2D eigenvalue weighted by Crippen LogP contribution is 2.08. The van der Waals surface area contributed by atoms with Gasteiger partial charge in [-0.15, -0.1) is 12.6 Å². The second kappa shape index (κ2) is 2.37. The fourth-order valence-corrected chi connectivity index (χ4v) is 0.285. The number of hydrogen-bond acceptors (Lipinski definition) is 4. The third-order valence-corrected chi connectivity index (χ3v) is 0.755. The van der Waals surface area contributed by atoms with Crippen molar-refractivity contribution in [2.24, 2.45) is 0 Å². The second-order valence-corrected chi connectivity index (χ2v) is 2.38. The molecule has 0 heterocycles. The van der Waals surface area contributed by atoms with Gasteiger partial charge in [0.2, 0.25) is 4.93 Å². The van der Waals surface area contributed by atoms with Crippen LogP contribution in [0.3, 0.4) is 0 Å². The number of hydrogen-bond donors (Lipinski definition) is 2. The lowest BCUT2D eigenvalue weighted by Crippen LogP contribution is -2.29. The van der Waals surface area contributed by atoms with Crippen LogP contribution in [0.5, 0.6) is 0 Å². The molecule has 1 unspecified atom stereocenters. The molecule has 0 saturated heterocycles. The van der Waals surface area contributed by atoms with Crippen molar-refractivity contribution in [3.63, 3.8) is 0 Å². The number of carbonyl (C=O) groups is 1. The summed E-state index contributed by atoms with van der Waals surface area (Å²) in [7, 11) is 1.19. The Labute approximate surface area is 53.1 Å². The molecule has 8 heavy (non-hydrogen) atoms. The van der Waals surface area contributed by atoms with Crippen molar-refractivity contribution in [3.8, 4) is 0 Å². The fourth-order valence-electron chi connectivity index (χ4n) is 0.193. The Morgan fingerprint density at radius 3 is 2.25 bits per heavy atom. The van der Waals surface area contributed by atoms with Crippen LogP contribution in [0.4, 0.5) is 0 Å². The summed E-state index contributed by atoms with van der Waals surface area (Å²) in [6.07, 6.45) is 0. The largest absolute Gasteiger partial charge is 0.466 e. The van der Waals surface area contributed by atoms with E-state index in [4.69, 9.17) is 5.11 Å². The molecule has 0 amide bonds. The number of thiol groups is 1. The molecule has 0 radical (unpaired) electrons. The van der Waals surface area contributed by atoms with Crippen molar-refractivity contribution >= 4 is 18.6 Å². The molecule has 0 aliphatic carbocycles. The maximum atomic E-state index is 10.3. The summed E-state index contributed by atoms with van der Waals surface area (Å²) >= 11 is 3.51. The van der Waals surface area contributed by atoms with E-state index in [1.54, 1.807) is 0 Å². The summed E-state index contributed by atoms with van der Waals surface area (Å²) in [6.45, 7) is 1.24. The topological polar surface area (TPSA) is 46.5 Å². The summed E-state index contributed by atoms with van der Waals surface area (Å²) in [6, 6.07) is 0. The Morgan fingerprint density at radius 2 is 2.25 bits per heavy atom. The number of carbonyl (C=O) groups excluding carboxylic acids is 1. The van der Waals surface area contributed by atoms with E-state index in [1.165, 1.54) is 14.0 Å². The predicted molar refractivity (Wildman–Crippen MR) is 31.6 cm³/mol. The average Bonchev–Trinajstić information content (AvgIpc) is 1.62. The normalized spacial score (nSPS) is 17.0. The molecule has 48 valence electrons. The molecular weight excluding hydrogens is 128 g/mol. The van der Waals surface area contributed by atoms with Gasteiger partial charge >= 0.3 is 5.97 Å². The lowest BCUT2D eigenvalue weighted by Gasteiger charge is -2.10. The molecule has 0 rings (SSSR count). The van der Waals surface area contributed by atoms with Crippen LogP contribution in [0.25, 0.3) is 0 Å². The highest BCUT2D eigenvalue weighted by Gasteiger charge is 2.25. The van der Waals surface area contributed by atoms with Gasteiger partial charge in [-0.2, -0.15) is 0 Å². The molecule has 0 aliphatic heterocycles. The summed E-state index contributed by atoms with van der Waals surface area (Å²) in [5.41, 5.74) is 0. The van der Waals surface area contributed by atoms with E-state index >= 15 is 0 Å². The highest BCUT2D eigenvalue weighted by molar-refractivity contribution is 7.82. The predicted octanol–water partition coefficient (Wildman–Crippen LogP) is -0.202. The number of methoxy groups -OCH3 is 1. The van der Waals surface area contributed by atoms with Gasteiger partial charge in [0, 0.05) is 0 Å². The van der Waals surface area contributed by atoms with Crippen LogP contribution >= 0.6 is 12.6 Å². The molecule has 0 aromatic heterocycles. The van der Waals surface area contributed by atoms with E-state index in [0.29, 0.717) is 0 Å². The standard InChI is InChI=1S/C4H8O3S/c1-4(6,8)3(5)7-2/h6,8H,1-2H3. The van der Waals surface area contributed by atoms with Gasteiger partial charge in [0.25, 0.3) is 0 Å². The molecule has 1 N–H and O–H groups in total. The molecular formula is C4H8O3S. The van der Waals surface area contributed by atoms with E-state index < -0.39 is 10.9 Å².